The average Bonchev–Trinajstić information content (AvgIpc) is 3.24. The van der Waals surface area contributed by atoms with Gasteiger partial charge in [-0.1, -0.05) is 12.1 Å². The van der Waals surface area contributed by atoms with E-state index in [1.165, 1.54) is 33.4 Å². The predicted molar refractivity (Wildman–Crippen MR) is 95.3 cm³/mol. The molecule has 0 bridgehead atoms. The standard InChI is InChI=1S/C16H18N6O2S/c1-20-16(24-2)17-13(18-20)15(23)22-9-7-21(8-10-22)14-11-5-3-4-6-12(11)25-19-14/h3-6H,7-10H2,1-2H3. The van der Waals surface area contributed by atoms with Gasteiger partial charge in [0.25, 0.3) is 5.91 Å². The Kier molecular flexibility index (Phi) is 4.00. The number of fused-ring (bicyclic) bond motifs is 1. The number of carbonyl (C=O) groups is 1. The van der Waals surface area contributed by atoms with Crippen molar-refractivity contribution in [1.82, 2.24) is 24.0 Å². The van der Waals surface area contributed by atoms with Crippen LogP contribution in [-0.2, 0) is 7.05 Å². The van der Waals surface area contributed by atoms with Crippen molar-refractivity contribution < 1.29 is 9.53 Å². The number of hydrogen-bond donors (Lipinski definition) is 0. The number of carbonyl (C=O) groups excluding carboxylic acids is 1. The highest BCUT2D eigenvalue weighted by Gasteiger charge is 2.27. The molecular weight excluding hydrogens is 340 g/mol. The Hall–Kier alpha value is -2.68. The van der Waals surface area contributed by atoms with Crippen LogP contribution in [0.5, 0.6) is 6.01 Å². The number of rotatable bonds is 3. The summed E-state index contributed by atoms with van der Waals surface area (Å²) in [5, 5.41) is 5.30. The lowest BCUT2D eigenvalue weighted by Gasteiger charge is -2.34. The molecule has 1 aliphatic heterocycles. The van der Waals surface area contributed by atoms with Crippen molar-refractivity contribution >= 4 is 33.3 Å². The van der Waals surface area contributed by atoms with Crippen molar-refractivity contribution in [2.75, 3.05) is 38.2 Å². The molecule has 1 aliphatic rings. The zero-order valence-electron chi connectivity index (χ0n) is 14.0. The van der Waals surface area contributed by atoms with Crippen LogP contribution in [0.2, 0.25) is 0 Å². The molecule has 1 fully saturated rings. The molecule has 25 heavy (non-hydrogen) atoms. The molecule has 3 heterocycles. The van der Waals surface area contributed by atoms with Gasteiger partial charge in [0, 0.05) is 38.6 Å². The molecule has 1 amide bonds. The van der Waals surface area contributed by atoms with Gasteiger partial charge in [0.05, 0.1) is 11.8 Å². The summed E-state index contributed by atoms with van der Waals surface area (Å²) in [5.74, 6) is 1.01. The molecule has 9 heteroatoms. The smallest absolute Gasteiger partial charge is 0.314 e. The zero-order chi connectivity index (χ0) is 17.4. The van der Waals surface area contributed by atoms with E-state index in [-0.39, 0.29) is 11.7 Å². The first-order chi connectivity index (χ1) is 12.2. The van der Waals surface area contributed by atoms with Gasteiger partial charge in [-0.2, -0.15) is 9.36 Å². The summed E-state index contributed by atoms with van der Waals surface area (Å²) in [6.45, 7) is 2.71. The lowest BCUT2D eigenvalue weighted by Crippen LogP contribution is -2.49. The molecule has 2 aromatic heterocycles. The van der Waals surface area contributed by atoms with Gasteiger partial charge in [-0.05, 0) is 23.7 Å². The van der Waals surface area contributed by atoms with Gasteiger partial charge in [-0.3, -0.25) is 4.79 Å². The highest BCUT2D eigenvalue weighted by atomic mass is 32.1. The maximum Gasteiger partial charge on any atom is 0.314 e. The molecule has 0 aliphatic carbocycles. The number of ether oxygens (including phenoxy) is 1. The van der Waals surface area contributed by atoms with Crippen LogP contribution < -0.4 is 9.64 Å². The average molecular weight is 358 g/mol. The second kappa shape index (κ2) is 6.32. The van der Waals surface area contributed by atoms with Crippen LogP contribution in [-0.4, -0.2) is 63.2 Å². The lowest BCUT2D eigenvalue weighted by atomic mass is 10.2. The maximum atomic E-state index is 12.6. The van der Waals surface area contributed by atoms with Crippen LogP contribution in [0.15, 0.2) is 24.3 Å². The first kappa shape index (κ1) is 15.8. The molecule has 0 radical (unpaired) electrons. The van der Waals surface area contributed by atoms with Gasteiger partial charge in [-0.15, -0.1) is 5.10 Å². The van der Waals surface area contributed by atoms with E-state index in [2.05, 4.69) is 31.5 Å². The number of aromatic nitrogens is 4. The van der Waals surface area contributed by atoms with Crippen molar-refractivity contribution in [2.24, 2.45) is 7.05 Å². The summed E-state index contributed by atoms with van der Waals surface area (Å²) in [6, 6.07) is 8.55. The quantitative estimate of drug-likeness (QED) is 0.704. The Bertz CT molecular complexity index is 912. The predicted octanol–water partition coefficient (Wildman–Crippen LogP) is 1.40. The summed E-state index contributed by atoms with van der Waals surface area (Å²) in [5.41, 5.74) is 0. The number of methoxy groups -OCH3 is 1. The van der Waals surface area contributed by atoms with E-state index in [9.17, 15) is 4.79 Å². The Labute approximate surface area is 148 Å². The van der Waals surface area contributed by atoms with E-state index in [1.807, 2.05) is 12.1 Å². The van der Waals surface area contributed by atoms with E-state index in [0.29, 0.717) is 19.1 Å². The van der Waals surface area contributed by atoms with Crippen LogP contribution in [0.3, 0.4) is 0 Å². The SMILES string of the molecule is COc1nc(C(=O)N2CCN(c3nsc4ccccc34)CC2)nn1C. The first-order valence-corrected chi connectivity index (χ1v) is 8.78. The topological polar surface area (TPSA) is 76.4 Å². The fraction of sp³-hybridized carbons (Fsp3) is 0.375. The summed E-state index contributed by atoms with van der Waals surface area (Å²) < 4.78 is 12.3. The van der Waals surface area contributed by atoms with Gasteiger partial charge in [-0.25, -0.2) is 4.68 Å². The minimum absolute atomic E-state index is 0.165. The molecule has 3 aromatic rings. The Morgan fingerprint density at radius 3 is 2.68 bits per heavy atom. The van der Waals surface area contributed by atoms with Gasteiger partial charge in [0.1, 0.15) is 5.82 Å². The highest BCUT2D eigenvalue weighted by molar-refractivity contribution is 7.13. The monoisotopic (exact) mass is 358 g/mol. The molecule has 8 nitrogen and oxygen atoms in total. The third-order valence-electron chi connectivity index (χ3n) is 4.32. The number of nitrogens with zero attached hydrogens (tertiary/aromatic N) is 6. The molecule has 1 saturated heterocycles. The summed E-state index contributed by atoms with van der Waals surface area (Å²) in [7, 11) is 3.21. The van der Waals surface area contributed by atoms with E-state index in [4.69, 9.17) is 4.74 Å². The number of anilines is 1. The van der Waals surface area contributed by atoms with Gasteiger partial charge < -0.3 is 14.5 Å². The molecule has 0 atom stereocenters. The van der Waals surface area contributed by atoms with Crippen molar-refractivity contribution in [2.45, 2.75) is 0 Å². The van der Waals surface area contributed by atoms with Crippen LogP contribution in [0.4, 0.5) is 5.82 Å². The summed E-state index contributed by atoms with van der Waals surface area (Å²) in [6.07, 6.45) is 0. The minimum atomic E-state index is -0.165. The van der Waals surface area contributed by atoms with Gasteiger partial charge in [0.15, 0.2) is 0 Å². The number of hydrogen-bond acceptors (Lipinski definition) is 7. The highest BCUT2D eigenvalue weighted by Crippen LogP contribution is 2.29. The van der Waals surface area contributed by atoms with E-state index >= 15 is 0 Å². The number of aryl methyl sites for hydroxylation is 1. The van der Waals surface area contributed by atoms with Crippen molar-refractivity contribution in [3.63, 3.8) is 0 Å². The first-order valence-electron chi connectivity index (χ1n) is 8.01. The van der Waals surface area contributed by atoms with E-state index in [0.717, 1.165) is 18.9 Å². The second-order valence-electron chi connectivity index (χ2n) is 5.83. The van der Waals surface area contributed by atoms with Crippen LogP contribution >= 0.6 is 11.5 Å². The Morgan fingerprint density at radius 1 is 1.20 bits per heavy atom. The molecule has 0 saturated carbocycles. The molecule has 0 N–H and O–H groups in total. The molecule has 4 rings (SSSR count). The van der Waals surface area contributed by atoms with Gasteiger partial charge >= 0.3 is 6.01 Å². The molecule has 0 spiro atoms. The van der Waals surface area contributed by atoms with Crippen molar-refractivity contribution in [3.05, 3.63) is 30.1 Å². The number of amides is 1. The molecular formula is C16H18N6O2S. The number of benzene rings is 1. The summed E-state index contributed by atoms with van der Waals surface area (Å²) in [4.78, 5) is 20.7. The Balaban J connectivity index is 1.46. The molecule has 130 valence electrons. The van der Waals surface area contributed by atoms with Crippen LogP contribution in [0.1, 0.15) is 10.6 Å². The van der Waals surface area contributed by atoms with Crippen LogP contribution in [0, 0.1) is 0 Å². The van der Waals surface area contributed by atoms with Crippen molar-refractivity contribution in [3.8, 4) is 6.01 Å². The second-order valence-corrected chi connectivity index (χ2v) is 6.63. The van der Waals surface area contributed by atoms with E-state index < -0.39 is 0 Å². The third kappa shape index (κ3) is 2.80. The minimum Gasteiger partial charge on any atom is -0.467 e. The Morgan fingerprint density at radius 2 is 1.96 bits per heavy atom. The normalized spacial score (nSPS) is 15.0. The fourth-order valence-electron chi connectivity index (χ4n) is 3.00. The molecule has 1 aromatic carbocycles. The number of piperazine rings is 1. The van der Waals surface area contributed by atoms with Gasteiger partial charge in [0.2, 0.25) is 5.82 Å². The summed E-state index contributed by atoms with van der Waals surface area (Å²) >= 11 is 1.51. The maximum absolute atomic E-state index is 12.6. The van der Waals surface area contributed by atoms with E-state index in [1.54, 1.807) is 11.9 Å². The van der Waals surface area contributed by atoms with Crippen molar-refractivity contribution in [1.29, 1.82) is 0 Å². The van der Waals surface area contributed by atoms with Crippen LogP contribution in [0.25, 0.3) is 10.1 Å². The third-order valence-corrected chi connectivity index (χ3v) is 5.14. The largest absolute Gasteiger partial charge is 0.467 e. The molecule has 0 unspecified atom stereocenters. The zero-order valence-corrected chi connectivity index (χ0v) is 14.9. The fourth-order valence-corrected chi connectivity index (χ4v) is 3.80. The lowest BCUT2D eigenvalue weighted by molar-refractivity contribution is 0.0734.